The number of ether oxygens (including phenoxy) is 1. The highest BCUT2D eigenvalue weighted by atomic mass is 16.5. The Morgan fingerprint density at radius 3 is 2.82 bits per heavy atom. The molecule has 1 aromatic rings. The van der Waals surface area contributed by atoms with Gasteiger partial charge < -0.3 is 9.64 Å². The zero-order chi connectivity index (χ0) is 12.2. The van der Waals surface area contributed by atoms with Gasteiger partial charge in [0, 0.05) is 30.8 Å². The molecule has 0 spiro atoms. The molecule has 0 radical (unpaired) electrons. The predicted molar refractivity (Wildman–Crippen MR) is 69.8 cm³/mol. The van der Waals surface area contributed by atoms with Crippen LogP contribution < -0.4 is 9.64 Å². The van der Waals surface area contributed by atoms with Gasteiger partial charge in [-0.25, -0.2) is 0 Å². The third-order valence-corrected chi connectivity index (χ3v) is 4.54. The third kappa shape index (κ3) is 1.26. The van der Waals surface area contributed by atoms with Gasteiger partial charge in [0.1, 0.15) is 5.75 Å². The van der Waals surface area contributed by atoms with Crippen molar-refractivity contribution < 1.29 is 4.74 Å². The second-order valence-corrected chi connectivity index (χ2v) is 5.52. The van der Waals surface area contributed by atoms with E-state index in [1.54, 1.807) is 7.11 Å². The minimum absolute atomic E-state index is 0.269. The molecule has 3 heteroatoms. The van der Waals surface area contributed by atoms with E-state index >= 15 is 0 Å². The van der Waals surface area contributed by atoms with Crippen LogP contribution in [0.15, 0.2) is 18.2 Å². The van der Waals surface area contributed by atoms with E-state index in [1.807, 2.05) is 0 Å². The van der Waals surface area contributed by atoms with E-state index in [1.165, 1.54) is 24.2 Å². The number of nitrogens with zero attached hydrogens (tertiary/aromatic N) is 2. The summed E-state index contributed by atoms with van der Waals surface area (Å²) in [5.41, 5.74) is 3.06. The van der Waals surface area contributed by atoms with Gasteiger partial charge in [0.05, 0.1) is 13.3 Å². The van der Waals surface area contributed by atoms with Crippen LogP contribution in [-0.2, 0) is 5.41 Å². The molecule has 1 saturated heterocycles. The van der Waals surface area contributed by atoms with Gasteiger partial charge in [0.2, 0.25) is 0 Å². The second-order valence-electron chi connectivity index (χ2n) is 5.52. The minimum atomic E-state index is 0.269. The van der Waals surface area contributed by atoms with Gasteiger partial charge in [0.15, 0.2) is 0 Å². The number of likely N-dealkylation sites (tertiary alicyclic amines) is 1. The number of hydrogen-bond acceptors (Lipinski definition) is 3. The summed E-state index contributed by atoms with van der Waals surface area (Å²) < 4.78 is 5.33. The summed E-state index contributed by atoms with van der Waals surface area (Å²) in [7, 11) is 6.14. The van der Waals surface area contributed by atoms with E-state index in [-0.39, 0.29) is 5.41 Å². The van der Waals surface area contributed by atoms with Crippen LogP contribution in [-0.4, -0.2) is 38.8 Å². The molecule has 1 fully saturated rings. The maximum Gasteiger partial charge on any atom is 0.120 e. The quantitative estimate of drug-likeness (QED) is 0.737. The molecule has 0 unspecified atom stereocenters. The molecular formula is C14H20N2O. The van der Waals surface area contributed by atoms with Gasteiger partial charge in [0.25, 0.3) is 0 Å². The van der Waals surface area contributed by atoms with Crippen molar-refractivity contribution in [3.8, 4) is 5.75 Å². The third-order valence-electron chi connectivity index (χ3n) is 4.54. The molecular weight excluding hydrogens is 212 g/mol. The van der Waals surface area contributed by atoms with E-state index in [9.17, 15) is 0 Å². The van der Waals surface area contributed by atoms with Gasteiger partial charge in [-0.2, -0.15) is 0 Å². The topological polar surface area (TPSA) is 15.7 Å². The summed E-state index contributed by atoms with van der Waals surface area (Å²) in [6.07, 6.45) is 1.72. The highest BCUT2D eigenvalue weighted by molar-refractivity contribution is 5.66. The molecule has 17 heavy (non-hydrogen) atoms. The molecule has 3 rings (SSSR count). The molecule has 92 valence electrons. The van der Waals surface area contributed by atoms with Gasteiger partial charge >= 0.3 is 0 Å². The zero-order valence-corrected chi connectivity index (χ0v) is 11.0. The van der Waals surface area contributed by atoms with Gasteiger partial charge in [-0.05, 0) is 25.1 Å². The smallest absolute Gasteiger partial charge is 0.120 e. The van der Waals surface area contributed by atoms with Crippen LogP contribution in [0.2, 0.25) is 0 Å². The summed E-state index contributed by atoms with van der Waals surface area (Å²) in [6, 6.07) is 6.48. The van der Waals surface area contributed by atoms with Crippen LogP contribution >= 0.6 is 0 Å². The SMILES string of the molecule is COc1ccc2c(c1)N(C)[C@H]1N(C)CC[C@@]21C. The van der Waals surface area contributed by atoms with Crippen molar-refractivity contribution in [2.24, 2.45) is 0 Å². The molecule has 0 amide bonds. The van der Waals surface area contributed by atoms with Crippen LogP contribution in [0.3, 0.4) is 0 Å². The number of methoxy groups -OCH3 is 1. The van der Waals surface area contributed by atoms with Crippen molar-refractivity contribution >= 4 is 5.69 Å². The lowest BCUT2D eigenvalue weighted by molar-refractivity contribution is 0.268. The zero-order valence-electron chi connectivity index (χ0n) is 11.0. The van der Waals surface area contributed by atoms with Gasteiger partial charge in [-0.3, -0.25) is 4.90 Å². The van der Waals surface area contributed by atoms with Crippen molar-refractivity contribution in [3.05, 3.63) is 23.8 Å². The molecule has 0 saturated carbocycles. The molecule has 2 atom stereocenters. The number of fused-ring (bicyclic) bond motifs is 3. The molecule has 0 bridgehead atoms. The maximum absolute atomic E-state index is 5.33. The fourth-order valence-corrected chi connectivity index (χ4v) is 3.69. The number of rotatable bonds is 1. The summed E-state index contributed by atoms with van der Waals surface area (Å²) in [4.78, 5) is 4.84. The first-order valence-electron chi connectivity index (χ1n) is 6.19. The Hall–Kier alpha value is -1.22. The first-order chi connectivity index (χ1) is 8.08. The summed E-state index contributed by atoms with van der Waals surface area (Å²) >= 11 is 0. The Morgan fingerprint density at radius 2 is 2.12 bits per heavy atom. The molecule has 2 heterocycles. The van der Waals surface area contributed by atoms with E-state index in [0.29, 0.717) is 6.17 Å². The molecule has 0 aliphatic carbocycles. The first-order valence-corrected chi connectivity index (χ1v) is 6.19. The second kappa shape index (κ2) is 3.39. The van der Waals surface area contributed by atoms with Crippen LogP contribution in [0.25, 0.3) is 0 Å². The Balaban J connectivity index is 2.14. The lowest BCUT2D eigenvalue weighted by Crippen LogP contribution is -2.45. The summed E-state index contributed by atoms with van der Waals surface area (Å²) in [5, 5.41) is 0. The Morgan fingerprint density at radius 1 is 1.35 bits per heavy atom. The van der Waals surface area contributed by atoms with Crippen molar-refractivity contribution in [1.29, 1.82) is 0 Å². The first kappa shape index (κ1) is 10.9. The van der Waals surface area contributed by atoms with Crippen molar-refractivity contribution in [2.75, 3.05) is 32.6 Å². The van der Waals surface area contributed by atoms with Crippen LogP contribution in [0, 0.1) is 0 Å². The number of hydrogen-bond donors (Lipinski definition) is 0. The summed E-state index contributed by atoms with van der Waals surface area (Å²) in [6.45, 7) is 3.56. The number of likely N-dealkylation sites (N-methyl/N-ethyl adjacent to an activating group) is 2. The largest absolute Gasteiger partial charge is 0.497 e. The molecule has 3 nitrogen and oxygen atoms in total. The van der Waals surface area contributed by atoms with Gasteiger partial charge in [-0.1, -0.05) is 13.0 Å². The maximum atomic E-state index is 5.33. The van der Waals surface area contributed by atoms with Crippen molar-refractivity contribution in [3.63, 3.8) is 0 Å². The number of benzene rings is 1. The summed E-state index contributed by atoms with van der Waals surface area (Å²) in [5.74, 6) is 0.946. The Labute approximate surface area is 103 Å². The van der Waals surface area contributed by atoms with Crippen LogP contribution in [0.1, 0.15) is 18.9 Å². The normalized spacial score (nSPS) is 31.5. The fourth-order valence-electron chi connectivity index (χ4n) is 3.69. The van der Waals surface area contributed by atoms with Crippen molar-refractivity contribution in [2.45, 2.75) is 24.9 Å². The predicted octanol–water partition coefficient (Wildman–Crippen LogP) is 2.06. The molecule has 1 aromatic carbocycles. The fraction of sp³-hybridized carbons (Fsp3) is 0.571. The minimum Gasteiger partial charge on any atom is -0.497 e. The van der Waals surface area contributed by atoms with Crippen LogP contribution in [0.4, 0.5) is 5.69 Å². The molecule has 2 aliphatic heterocycles. The molecule has 2 aliphatic rings. The highest BCUT2D eigenvalue weighted by Crippen LogP contribution is 2.51. The average molecular weight is 232 g/mol. The Kier molecular flexibility index (Phi) is 2.17. The lowest BCUT2D eigenvalue weighted by atomic mass is 9.81. The van der Waals surface area contributed by atoms with Crippen molar-refractivity contribution in [1.82, 2.24) is 4.90 Å². The number of anilines is 1. The monoisotopic (exact) mass is 232 g/mol. The molecule has 0 aromatic heterocycles. The lowest BCUT2D eigenvalue weighted by Gasteiger charge is -2.32. The Bertz CT molecular complexity index is 460. The van der Waals surface area contributed by atoms with E-state index in [4.69, 9.17) is 4.74 Å². The van der Waals surface area contributed by atoms with E-state index in [2.05, 4.69) is 49.0 Å². The van der Waals surface area contributed by atoms with E-state index < -0.39 is 0 Å². The van der Waals surface area contributed by atoms with E-state index in [0.717, 1.165) is 5.75 Å². The molecule has 0 N–H and O–H groups in total. The van der Waals surface area contributed by atoms with Gasteiger partial charge in [-0.15, -0.1) is 0 Å². The average Bonchev–Trinajstić information content (AvgIpc) is 2.75. The highest BCUT2D eigenvalue weighted by Gasteiger charge is 2.52. The standard InChI is InChI=1S/C14H20N2O/c1-14-7-8-15(2)13(14)16(3)12-9-10(17-4)5-6-11(12)14/h5-6,9,13H,7-8H2,1-4H3/t13-,14+/m1/s1. The van der Waals surface area contributed by atoms with Crippen LogP contribution in [0.5, 0.6) is 5.75 Å².